The first kappa shape index (κ1) is 14.0. The van der Waals surface area contributed by atoms with E-state index in [2.05, 4.69) is 37.9 Å². The van der Waals surface area contributed by atoms with E-state index in [1.54, 1.807) is 0 Å². The van der Waals surface area contributed by atoms with Crippen LogP contribution in [0, 0.1) is 5.92 Å². The second-order valence-electron chi connectivity index (χ2n) is 5.50. The molecule has 0 aromatic rings. The van der Waals surface area contributed by atoms with Crippen LogP contribution in [-0.4, -0.2) is 36.6 Å². The highest BCUT2D eigenvalue weighted by Gasteiger charge is 2.24. The maximum absolute atomic E-state index is 3.69. The van der Waals surface area contributed by atoms with Crippen molar-refractivity contribution in [1.29, 1.82) is 0 Å². The van der Waals surface area contributed by atoms with E-state index in [0.29, 0.717) is 6.04 Å². The van der Waals surface area contributed by atoms with Gasteiger partial charge in [-0.1, -0.05) is 34.1 Å². The molecule has 0 radical (unpaired) electrons. The van der Waals surface area contributed by atoms with Crippen molar-refractivity contribution < 1.29 is 0 Å². The van der Waals surface area contributed by atoms with Crippen LogP contribution in [0.2, 0.25) is 0 Å². The first-order chi connectivity index (χ1) is 7.69. The lowest BCUT2D eigenvalue weighted by Crippen LogP contribution is -2.44. The van der Waals surface area contributed by atoms with Crippen molar-refractivity contribution in [2.45, 2.75) is 65.5 Å². The van der Waals surface area contributed by atoms with Gasteiger partial charge >= 0.3 is 0 Å². The zero-order valence-electron chi connectivity index (χ0n) is 11.6. The van der Waals surface area contributed by atoms with Crippen LogP contribution in [0.3, 0.4) is 0 Å². The number of nitrogens with zero attached hydrogens (tertiary/aromatic N) is 1. The van der Waals surface area contributed by atoms with Gasteiger partial charge in [0.25, 0.3) is 0 Å². The van der Waals surface area contributed by atoms with Crippen LogP contribution in [0.1, 0.15) is 53.4 Å². The summed E-state index contributed by atoms with van der Waals surface area (Å²) in [6, 6.07) is 1.50. The molecule has 16 heavy (non-hydrogen) atoms. The Balaban J connectivity index is 2.55. The third-order valence-corrected chi connectivity index (χ3v) is 3.87. The maximum atomic E-state index is 3.69. The molecule has 1 heterocycles. The Morgan fingerprint density at radius 3 is 2.62 bits per heavy atom. The van der Waals surface area contributed by atoms with Crippen LogP contribution in [0.4, 0.5) is 0 Å². The molecular formula is C14H30N2. The summed E-state index contributed by atoms with van der Waals surface area (Å²) in [4.78, 5) is 2.73. The number of rotatable bonds is 5. The van der Waals surface area contributed by atoms with Crippen molar-refractivity contribution in [2.24, 2.45) is 5.92 Å². The average molecular weight is 226 g/mol. The summed E-state index contributed by atoms with van der Waals surface area (Å²) in [6.45, 7) is 13.0. The summed E-state index contributed by atoms with van der Waals surface area (Å²) in [5.74, 6) is 0.750. The summed E-state index contributed by atoms with van der Waals surface area (Å²) < 4.78 is 0. The summed E-state index contributed by atoms with van der Waals surface area (Å²) in [5, 5.41) is 3.69. The molecule has 0 amide bonds. The highest BCUT2D eigenvalue weighted by molar-refractivity contribution is 4.82. The lowest BCUT2D eigenvalue weighted by molar-refractivity contribution is 0.167. The van der Waals surface area contributed by atoms with Crippen LogP contribution < -0.4 is 5.32 Å². The van der Waals surface area contributed by atoms with Gasteiger partial charge in [0, 0.05) is 18.6 Å². The SMILES string of the molecule is CCCC(CC)N1CCCNC(C(C)C)C1. The van der Waals surface area contributed by atoms with Gasteiger partial charge in [-0.3, -0.25) is 4.90 Å². The molecule has 2 nitrogen and oxygen atoms in total. The second-order valence-corrected chi connectivity index (χ2v) is 5.50. The van der Waals surface area contributed by atoms with Crippen LogP contribution in [0.5, 0.6) is 0 Å². The lowest BCUT2D eigenvalue weighted by atomic mass is 10.0. The Hall–Kier alpha value is -0.0800. The summed E-state index contributed by atoms with van der Waals surface area (Å²) in [7, 11) is 0. The zero-order chi connectivity index (χ0) is 12.0. The van der Waals surface area contributed by atoms with Gasteiger partial charge in [0.2, 0.25) is 0 Å². The molecule has 0 aromatic carbocycles. The molecular weight excluding hydrogens is 196 g/mol. The molecule has 1 aliphatic rings. The smallest absolute Gasteiger partial charge is 0.0218 e. The molecule has 1 rings (SSSR count). The van der Waals surface area contributed by atoms with E-state index in [9.17, 15) is 0 Å². The molecule has 1 aliphatic heterocycles. The first-order valence-electron chi connectivity index (χ1n) is 7.16. The van der Waals surface area contributed by atoms with Gasteiger partial charge in [-0.05, 0) is 38.3 Å². The van der Waals surface area contributed by atoms with E-state index in [-0.39, 0.29) is 0 Å². The van der Waals surface area contributed by atoms with E-state index in [1.807, 2.05) is 0 Å². The predicted octanol–water partition coefficient (Wildman–Crippen LogP) is 2.89. The Labute approximate surface area is 102 Å². The van der Waals surface area contributed by atoms with E-state index in [0.717, 1.165) is 12.0 Å². The second kappa shape index (κ2) is 7.29. The number of hydrogen-bond donors (Lipinski definition) is 1. The molecule has 2 atom stereocenters. The van der Waals surface area contributed by atoms with Crippen LogP contribution in [0.15, 0.2) is 0 Å². The minimum Gasteiger partial charge on any atom is -0.312 e. The third-order valence-electron chi connectivity index (χ3n) is 3.87. The molecule has 0 aliphatic carbocycles. The van der Waals surface area contributed by atoms with Gasteiger partial charge in [-0.2, -0.15) is 0 Å². The average Bonchev–Trinajstić information content (AvgIpc) is 2.51. The molecule has 0 aromatic heterocycles. The van der Waals surface area contributed by atoms with Crippen molar-refractivity contribution >= 4 is 0 Å². The minimum atomic E-state index is 0.688. The molecule has 1 fully saturated rings. The number of hydrogen-bond acceptors (Lipinski definition) is 2. The van der Waals surface area contributed by atoms with Crippen molar-refractivity contribution in [2.75, 3.05) is 19.6 Å². The normalized spacial score (nSPS) is 25.7. The molecule has 2 unspecified atom stereocenters. The number of nitrogens with one attached hydrogen (secondary N) is 1. The standard InChI is InChI=1S/C14H30N2/c1-5-8-13(6-2)16-10-7-9-15-14(11-16)12(3)4/h12-15H,5-11H2,1-4H3. The van der Waals surface area contributed by atoms with Crippen molar-refractivity contribution in [3.8, 4) is 0 Å². The fourth-order valence-corrected chi connectivity index (χ4v) is 2.73. The summed E-state index contributed by atoms with van der Waals surface area (Å²) >= 11 is 0. The lowest BCUT2D eigenvalue weighted by Gasteiger charge is -2.33. The summed E-state index contributed by atoms with van der Waals surface area (Å²) in [5.41, 5.74) is 0. The van der Waals surface area contributed by atoms with E-state index in [1.165, 1.54) is 45.3 Å². The van der Waals surface area contributed by atoms with Gasteiger partial charge in [-0.15, -0.1) is 0 Å². The molecule has 2 heteroatoms. The molecule has 1 N–H and O–H groups in total. The molecule has 0 saturated carbocycles. The largest absolute Gasteiger partial charge is 0.312 e. The zero-order valence-corrected chi connectivity index (χ0v) is 11.6. The summed E-state index contributed by atoms with van der Waals surface area (Å²) in [6.07, 6.45) is 5.29. The van der Waals surface area contributed by atoms with Crippen molar-refractivity contribution in [3.63, 3.8) is 0 Å². The predicted molar refractivity (Wildman–Crippen MR) is 71.8 cm³/mol. The Kier molecular flexibility index (Phi) is 6.37. The van der Waals surface area contributed by atoms with Gasteiger partial charge < -0.3 is 5.32 Å². The van der Waals surface area contributed by atoms with Crippen molar-refractivity contribution in [3.05, 3.63) is 0 Å². The van der Waals surface area contributed by atoms with Gasteiger partial charge in [-0.25, -0.2) is 0 Å². The maximum Gasteiger partial charge on any atom is 0.0218 e. The molecule has 0 spiro atoms. The monoisotopic (exact) mass is 226 g/mol. The fraction of sp³-hybridized carbons (Fsp3) is 1.00. The molecule has 96 valence electrons. The van der Waals surface area contributed by atoms with Gasteiger partial charge in [0.1, 0.15) is 0 Å². The topological polar surface area (TPSA) is 15.3 Å². The van der Waals surface area contributed by atoms with E-state index >= 15 is 0 Å². The highest BCUT2D eigenvalue weighted by Crippen LogP contribution is 2.16. The first-order valence-corrected chi connectivity index (χ1v) is 7.16. The fourth-order valence-electron chi connectivity index (χ4n) is 2.73. The Morgan fingerprint density at radius 1 is 1.31 bits per heavy atom. The highest BCUT2D eigenvalue weighted by atomic mass is 15.2. The molecule has 0 bridgehead atoms. The van der Waals surface area contributed by atoms with Gasteiger partial charge in [0.15, 0.2) is 0 Å². The van der Waals surface area contributed by atoms with Crippen LogP contribution in [-0.2, 0) is 0 Å². The van der Waals surface area contributed by atoms with Gasteiger partial charge in [0.05, 0.1) is 0 Å². The quantitative estimate of drug-likeness (QED) is 0.775. The third kappa shape index (κ3) is 4.06. The Morgan fingerprint density at radius 2 is 2.06 bits per heavy atom. The van der Waals surface area contributed by atoms with Crippen LogP contribution >= 0.6 is 0 Å². The molecule has 1 saturated heterocycles. The van der Waals surface area contributed by atoms with Crippen molar-refractivity contribution in [1.82, 2.24) is 10.2 Å². The van der Waals surface area contributed by atoms with E-state index in [4.69, 9.17) is 0 Å². The van der Waals surface area contributed by atoms with Crippen LogP contribution in [0.25, 0.3) is 0 Å². The minimum absolute atomic E-state index is 0.688. The Bertz CT molecular complexity index is 180. The van der Waals surface area contributed by atoms with E-state index < -0.39 is 0 Å².